The lowest BCUT2D eigenvalue weighted by Crippen LogP contribution is -2.42. The van der Waals surface area contributed by atoms with Crippen molar-refractivity contribution in [2.75, 3.05) is 19.6 Å². The molecule has 0 atom stereocenters. The summed E-state index contributed by atoms with van der Waals surface area (Å²) < 4.78 is 0. The van der Waals surface area contributed by atoms with E-state index < -0.39 is 5.97 Å². The Labute approximate surface area is 107 Å². The predicted molar refractivity (Wildman–Crippen MR) is 66.8 cm³/mol. The molecule has 0 spiro atoms. The number of nitrogens with one attached hydrogen (secondary N) is 1. The largest absolute Gasteiger partial charge is 0.478 e. The topological polar surface area (TPSA) is 93.4 Å². The van der Waals surface area contributed by atoms with E-state index in [9.17, 15) is 9.59 Å². The molecule has 0 unspecified atom stereocenters. The molecule has 0 saturated carbocycles. The first-order valence-electron chi connectivity index (χ1n) is 5.76. The normalized spacial score (nSPS) is 10.3. The molecular weight excluding hydrogens is 234 g/mol. The number of hydrogen-bond acceptors (Lipinski definition) is 3. The van der Waals surface area contributed by atoms with Crippen molar-refractivity contribution in [3.8, 4) is 6.07 Å². The van der Waals surface area contributed by atoms with E-state index in [1.807, 2.05) is 19.9 Å². The molecule has 0 heterocycles. The van der Waals surface area contributed by atoms with Gasteiger partial charge in [0.15, 0.2) is 0 Å². The highest BCUT2D eigenvalue weighted by Gasteiger charge is 2.13. The van der Waals surface area contributed by atoms with Crippen LogP contribution in [-0.2, 0) is 4.79 Å². The number of amides is 2. The maximum absolute atomic E-state index is 11.8. The SMILES string of the molecule is CC(C)CN(CCC#N)C(=O)NC/C=C/C(=O)O. The number of urea groups is 1. The van der Waals surface area contributed by atoms with E-state index in [0.29, 0.717) is 19.0 Å². The fourth-order valence-electron chi connectivity index (χ4n) is 1.32. The zero-order chi connectivity index (χ0) is 14.0. The molecule has 2 amide bonds. The van der Waals surface area contributed by atoms with Crippen LogP contribution in [-0.4, -0.2) is 41.6 Å². The quantitative estimate of drug-likeness (QED) is 0.667. The van der Waals surface area contributed by atoms with Crippen LogP contribution in [0.1, 0.15) is 20.3 Å². The number of carbonyl (C=O) groups excluding carboxylic acids is 1. The molecule has 0 saturated heterocycles. The molecule has 0 rings (SSSR count). The molecule has 0 aliphatic heterocycles. The van der Waals surface area contributed by atoms with E-state index in [4.69, 9.17) is 10.4 Å². The first-order valence-corrected chi connectivity index (χ1v) is 5.76. The summed E-state index contributed by atoms with van der Waals surface area (Å²) in [4.78, 5) is 23.5. The van der Waals surface area contributed by atoms with E-state index in [1.165, 1.54) is 6.08 Å². The maximum Gasteiger partial charge on any atom is 0.328 e. The van der Waals surface area contributed by atoms with Gasteiger partial charge in [0.2, 0.25) is 0 Å². The Morgan fingerprint density at radius 2 is 2.17 bits per heavy atom. The van der Waals surface area contributed by atoms with E-state index in [0.717, 1.165) is 6.08 Å². The molecule has 0 aromatic rings. The summed E-state index contributed by atoms with van der Waals surface area (Å²) in [7, 11) is 0. The van der Waals surface area contributed by atoms with Gasteiger partial charge in [0.1, 0.15) is 0 Å². The van der Waals surface area contributed by atoms with Crippen LogP contribution in [0.5, 0.6) is 0 Å². The van der Waals surface area contributed by atoms with Gasteiger partial charge in [0, 0.05) is 25.7 Å². The average Bonchev–Trinajstić information content (AvgIpc) is 2.29. The van der Waals surface area contributed by atoms with Gasteiger partial charge < -0.3 is 15.3 Å². The highest BCUT2D eigenvalue weighted by atomic mass is 16.4. The molecule has 0 aromatic heterocycles. The van der Waals surface area contributed by atoms with E-state index in [1.54, 1.807) is 4.90 Å². The molecule has 0 aliphatic rings. The second-order valence-corrected chi connectivity index (χ2v) is 4.17. The van der Waals surface area contributed by atoms with Gasteiger partial charge in [-0.1, -0.05) is 19.9 Å². The van der Waals surface area contributed by atoms with Gasteiger partial charge in [-0.2, -0.15) is 5.26 Å². The zero-order valence-electron chi connectivity index (χ0n) is 10.7. The highest BCUT2D eigenvalue weighted by molar-refractivity contribution is 5.80. The van der Waals surface area contributed by atoms with Crippen molar-refractivity contribution in [1.29, 1.82) is 5.26 Å². The van der Waals surface area contributed by atoms with Crippen LogP contribution in [0.15, 0.2) is 12.2 Å². The van der Waals surface area contributed by atoms with Crippen molar-refractivity contribution in [2.24, 2.45) is 5.92 Å². The van der Waals surface area contributed by atoms with Crippen molar-refractivity contribution >= 4 is 12.0 Å². The molecule has 6 heteroatoms. The fourth-order valence-corrected chi connectivity index (χ4v) is 1.32. The molecule has 100 valence electrons. The number of nitrogens with zero attached hydrogens (tertiary/aromatic N) is 2. The van der Waals surface area contributed by atoms with Crippen LogP contribution in [0, 0.1) is 17.2 Å². The molecule has 0 aromatic carbocycles. The fraction of sp³-hybridized carbons (Fsp3) is 0.583. The zero-order valence-corrected chi connectivity index (χ0v) is 10.7. The van der Waals surface area contributed by atoms with Crippen LogP contribution in [0.2, 0.25) is 0 Å². The minimum absolute atomic E-state index is 0.159. The lowest BCUT2D eigenvalue weighted by molar-refractivity contribution is -0.131. The minimum Gasteiger partial charge on any atom is -0.478 e. The number of carboxylic acids is 1. The Hall–Kier alpha value is -2.03. The Bertz CT molecular complexity index is 345. The maximum atomic E-state index is 11.8. The van der Waals surface area contributed by atoms with Gasteiger partial charge in [-0.05, 0) is 5.92 Å². The van der Waals surface area contributed by atoms with Crippen LogP contribution in [0.3, 0.4) is 0 Å². The first-order chi connectivity index (χ1) is 8.47. The Balaban J connectivity index is 4.20. The summed E-state index contributed by atoms with van der Waals surface area (Å²) >= 11 is 0. The number of carboxylic acid groups (broad SMARTS) is 1. The molecule has 2 N–H and O–H groups in total. The van der Waals surface area contributed by atoms with Gasteiger partial charge in [-0.3, -0.25) is 0 Å². The Morgan fingerprint density at radius 1 is 1.50 bits per heavy atom. The third kappa shape index (κ3) is 8.16. The lowest BCUT2D eigenvalue weighted by atomic mass is 10.2. The van der Waals surface area contributed by atoms with E-state index >= 15 is 0 Å². The number of nitriles is 1. The van der Waals surface area contributed by atoms with Gasteiger partial charge >= 0.3 is 12.0 Å². The number of rotatable bonds is 7. The molecular formula is C12H19N3O3. The predicted octanol–water partition coefficient (Wildman–Crippen LogP) is 1.21. The van der Waals surface area contributed by atoms with Crippen LogP contribution in [0.25, 0.3) is 0 Å². The molecule has 6 nitrogen and oxygen atoms in total. The second kappa shape index (κ2) is 9.05. The van der Waals surface area contributed by atoms with Crippen molar-refractivity contribution in [1.82, 2.24) is 10.2 Å². The molecule has 0 bridgehead atoms. The van der Waals surface area contributed by atoms with E-state index in [2.05, 4.69) is 5.32 Å². The minimum atomic E-state index is -1.05. The number of hydrogen-bond donors (Lipinski definition) is 2. The van der Waals surface area contributed by atoms with Gasteiger partial charge in [0.05, 0.1) is 12.5 Å². The first kappa shape index (κ1) is 16.0. The monoisotopic (exact) mass is 253 g/mol. The van der Waals surface area contributed by atoms with Crippen LogP contribution in [0.4, 0.5) is 4.79 Å². The van der Waals surface area contributed by atoms with Crippen molar-refractivity contribution in [3.63, 3.8) is 0 Å². The molecule has 0 radical (unpaired) electrons. The highest BCUT2D eigenvalue weighted by Crippen LogP contribution is 2.00. The third-order valence-corrected chi connectivity index (χ3v) is 2.00. The lowest BCUT2D eigenvalue weighted by Gasteiger charge is -2.23. The summed E-state index contributed by atoms with van der Waals surface area (Å²) in [6.07, 6.45) is 2.62. The average molecular weight is 253 g/mol. The molecule has 18 heavy (non-hydrogen) atoms. The van der Waals surface area contributed by atoms with Gasteiger partial charge in [-0.15, -0.1) is 0 Å². The summed E-state index contributed by atoms with van der Waals surface area (Å²) in [5.74, 6) is -0.739. The molecule has 0 fully saturated rings. The summed E-state index contributed by atoms with van der Waals surface area (Å²) in [6.45, 7) is 5.07. The smallest absolute Gasteiger partial charge is 0.328 e. The summed E-state index contributed by atoms with van der Waals surface area (Å²) in [5, 5.41) is 19.5. The standard InChI is InChI=1S/C12H19N3O3/c1-10(2)9-15(8-4-6-13)12(18)14-7-3-5-11(16)17/h3,5,10H,4,7-9H2,1-2H3,(H,14,18)(H,16,17)/b5-3+. The summed E-state index contributed by atoms with van der Waals surface area (Å²) in [6, 6.07) is 1.71. The Kier molecular flexibility index (Phi) is 8.03. The second-order valence-electron chi connectivity index (χ2n) is 4.17. The van der Waals surface area contributed by atoms with Crippen molar-refractivity contribution in [3.05, 3.63) is 12.2 Å². The van der Waals surface area contributed by atoms with Crippen LogP contribution >= 0.6 is 0 Å². The van der Waals surface area contributed by atoms with E-state index in [-0.39, 0.29) is 19.0 Å². The number of aliphatic carboxylic acids is 1. The Morgan fingerprint density at radius 3 is 2.67 bits per heavy atom. The number of carbonyl (C=O) groups is 2. The van der Waals surface area contributed by atoms with Gasteiger partial charge in [0.25, 0.3) is 0 Å². The van der Waals surface area contributed by atoms with Gasteiger partial charge in [-0.25, -0.2) is 9.59 Å². The van der Waals surface area contributed by atoms with Crippen LogP contribution < -0.4 is 5.32 Å². The third-order valence-electron chi connectivity index (χ3n) is 2.00. The van der Waals surface area contributed by atoms with Crippen molar-refractivity contribution in [2.45, 2.75) is 20.3 Å². The van der Waals surface area contributed by atoms with Crippen molar-refractivity contribution < 1.29 is 14.7 Å². The summed E-state index contributed by atoms with van der Waals surface area (Å²) in [5.41, 5.74) is 0. The molecule has 0 aliphatic carbocycles.